The number of hydrogen-bond acceptors (Lipinski definition) is 2. The van der Waals surface area contributed by atoms with Gasteiger partial charge in [0.05, 0.1) is 0 Å². The number of nitrogens with one attached hydrogen (secondary N) is 2. The highest BCUT2D eigenvalue weighted by molar-refractivity contribution is 5.78. The first-order valence-corrected chi connectivity index (χ1v) is 11.3. The Bertz CT molecular complexity index is 599. The van der Waals surface area contributed by atoms with E-state index < -0.39 is 0 Å². The number of amides is 2. The Balaban J connectivity index is 1.21. The largest absolute Gasteiger partial charge is 0.356 e. The van der Waals surface area contributed by atoms with Gasteiger partial charge in [0.2, 0.25) is 11.8 Å². The van der Waals surface area contributed by atoms with E-state index in [2.05, 4.69) is 31.4 Å². The first-order valence-electron chi connectivity index (χ1n) is 11.3. The van der Waals surface area contributed by atoms with E-state index in [0.29, 0.717) is 35.1 Å². The topological polar surface area (TPSA) is 58.2 Å². The van der Waals surface area contributed by atoms with E-state index in [9.17, 15) is 9.59 Å². The van der Waals surface area contributed by atoms with Crippen molar-refractivity contribution in [2.24, 2.45) is 46.8 Å². The van der Waals surface area contributed by atoms with E-state index in [1.54, 1.807) is 6.92 Å². The van der Waals surface area contributed by atoms with Crippen LogP contribution in [0, 0.1) is 46.8 Å². The van der Waals surface area contributed by atoms with E-state index in [1.807, 2.05) is 0 Å². The second kappa shape index (κ2) is 7.08. The highest BCUT2D eigenvalue weighted by Crippen LogP contribution is 2.61. The lowest BCUT2D eigenvalue weighted by atomic mass is 9.45. The Morgan fingerprint density at radius 2 is 1.81 bits per heavy atom. The summed E-state index contributed by atoms with van der Waals surface area (Å²) >= 11 is 0. The minimum Gasteiger partial charge on any atom is -0.356 e. The molecule has 2 N–H and O–H groups in total. The number of carbonyl (C=O) groups excluding carboxylic acids is 2. The molecule has 0 aliphatic heterocycles. The predicted octanol–water partition coefficient (Wildman–Crippen LogP) is 3.75. The molecule has 8 unspecified atom stereocenters. The monoisotopic (exact) mass is 374 g/mol. The van der Waals surface area contributed by atoms with Crippen LogP contribution in [0.1, 0.15) is 72.6 Å². The molecule has 4 heteroatoms. The van der Waals surface area contributed by atoms with Crippen LogP contribution in [-0.4, -0.2) is 24.4 Å². The van der Waals surface area contributed by atoms with Crippen LogP contribution in [0.25, 0.3) is 0 Å². The fourth-order valence-corrected chi connectivity index (χ4v) is 7.30. The fraction of sp³-hybridized carbons (Fsp3) is 0.913. The van der Waals surface area contributed by atoms with Gasteiger partial charge >= 0.3 is 0 Å². The molecule has 0 saturated heterocycles. The molecule has 2 amide bonds. The van der Waals surface area contributed by atoms with Crippen molar-refractivity contribution in [2.45, 2.75) is 78.7 Å². The molecular formula is C23H38N2O2. The quantitative estimate of drug-likeness (QED) is 0.744. The second-order valence-corrected chi connectivity index (χ2v) is 10.9. The Kier molecular flexibility index (Phi) is 5.05. The van der Waals surface area contributed by atoms with Gasteiger partial charge < -0.3 is 10.6 Å². The summed E-state index contributed by atoms with van der Waals surface area (Å²) in [6.45, 7) is 9.45. The van der Waals surface area contributed by atoms with Crippen LogP contribution in [0.2, 0.25) is 0 Å². The van der Waals surface area contributed by atoms with Crippen LogP contribution in [0.5, 0.6) is 0 Å². The average Bonchev–Trinajstić information content (AvgIpc) is 3.18. The third-order valence-electron chi connectivity index (χ3n) is 9.04. The Morgan fingerprint density at radius 1 is 1.04 bits per heavy atom. The maximum Gasteiger partial charge on any atom is 0.222 e. The molecule has 5 fully saturated rings. The van der Waals surface area contributed by atoms with Crippen LogP contribution >= 0.6 is 0 Å². The summed E-state index contributed by atoms with van der Waals surface area (Å²) in [4.78, 5) is 24.0. The van der Waals surface area contributed by atoms with Crippen molar-refractivity contribution in [1.82, 2.24) is 10.6 Å². The lowest BCUT2D eigenvalue weighted by Crippen LogP contribution is -2.54. The van der Waals surface area contributed by atoms with Crippen LogP contribution in [0.15, 0.2) is 0 Å². The first-order chi connectivity index (χ1) is 12.8. The standard InChI is InChI=1S/C23H38N2O2/c1-13(7-16-8-18-9-17(16)10-21(18)25-14(2)26)22(27)24-12-15-5-6-19-11-20(15)23(19,3)4/h13,15-21H,5-12H2,1-4H3,(H,24,27)(H,25,26). The van der Waals surface area contributed by atoms with Crippen molar-refractivity contribution in [3.63, 3.8) is 0 Å². The number of carbonyl (C=O) groups is 2. The second-order valence-electron chi connectivity index (χ2n) is 10.9. The molecule has 0 aromatic carbocycles. The Morgan fingerprint density at radius 3 is 2.41 bits per heavy atom. The van der Waals surface area contributed by atoms with Gasteiger partial charge in [-0.2, -0.15) is 0 Å². The smallest absolute Gasteiger partial charge is 0.222 e. The van der Waals surface area contributed by atoms with Gasteiger partial charge in [0, 0.05) is 25.4 Å². The zero-order valence-electron chi connectivity index (χ0n) is 17.6. The maximum atomic E-state index is 12.7. The van der Waals surface area contributed by atoms with Crippen molar-refractivity contribution >= 4 is 11.8 Å². The molecule has 0 spiro atoms. The summed E-state index contributed by atoms with van der Waals surface area (Å²) in [7, 11) is 0. The van der Waals surface area contributed by atoms with Gasteiger partial charge in [-0.15, -0.1) is 0 Å². The van der Waals surface area contributed by atoms with Crippen LogP contribution in [-0.2, 0) is 9.59 Å². The number of hydrogen-bond donors (Lipinski definition) is 2. The Labute approximate surface area is 164 Å². The minimum atomic E-state index is 0.0977. The fourth-order valence-electron chi connectivity index (χ4n) is 7.30. The zero-order valence-corrected chi connectivity index (χ0v) is 17.6. The van der Waals surface area contributed by atoms with Crippen molar-refractivity contribution in [3.8, 4) is 0 Å². The van der Waals surface area contributed by atoms with E-state index in [1.165, 1.54) is 32.1 Å². The molecule has 5 saturated carbocycles. The van der Waals surface area contributed by atoms with Gasteiger partial charge in [0.25, 0.3) is 0 Å². The van der Waals surface area contributed by atoms with Gasteiger partial charge in [-0.05, 0) is 85.9 Å². The summed E-state index contributed by atoms with van der Waals surface area (Å²) in [6.07, 6.45) is 8.58. The van der Waals surface area contributed by atoms with Crippen molar-refractivity contribution in [2.75, 3.05) is 6.54 Å². The molecule has 0 heterocycles. The molecular weight excluding hydrogens is 336 g/mol. The molecule has 0 aromatic rings. The van der Waals surface area contributed by atoms with E-state index in [4.69, 9.17) is 0 Å². The molecule has 5 aliphatic carbocycles. The third kappa shape index (κ3) is 3.53. The minimum absolute atomic E-state index is 0.0977. The molecule has 0 radical (unpaired) electrons. The molecule has 5 aliphatic rings. The van der Waals surface area contributed by atoms with Crippen molar-refractivity contribution < 1.29 is 9.59 Å². The summed E-state index contributed by atoms with van der Waals surface area (Å²) in [6, 6.07) is 0.383. The molecule has 8 atom stereocenters. The van der Waals surface area contributed by atoms with Gasteiger partial charge in [-0.1, -0.05) is 20.8 Å². The van der Waals surface area contributed by atoms with E-state index in [-0.39, 0.29) is 17.7 Å². The normalized spacial score (nSPS) is 42.3. The molecule has 5 rings (SSSR count). The summed E-state index contributed by atoms with van der Waals surface area (Å²) in [5, 5.41) is 6.42. The van der Waals surface area contributed by atoms with Crippen molar-refractivity contribution in [1.29, 1.82) is 0 Å². The molecule has 27 heavy (non-hydrogen) atoms. The maximum absolute atomic E-state index is 12.7. The van der Waals surface area contributed by atoms with Crippen LogP contribution < -0.4 is 10.6 Å². The lowest BCUT2D eigenvalue weighted by molar-refractivity contribution is -0.128. The van der Waals surface area contributed by atoms with E-state index in [0.717, 1.165) is 31.2 Å². The SMILES string of the molecule is CC(=O)NC1CC2CC1CC2CC(C)C(=O)NCC1CCC2CC1C2(C)C. The van der Waals surface area contributed by atoms with Gasteiger partial charge in [-0.25, -0.2) is 0 Å². The number of rotatable bonds is 6. The lowest BCUT2D eigenvalue weighted by Gasteiger charge is -2.60. The first kappa shape index (κ1) is 19.3. The summed E-state index contributed by atoms with van der Waals surface area (Å²) in [5.41, 5.74) is 0.493. The zero-order chi connectivity index (χ0) is 19.3. The van der Waals surface area contributed by atoms with Gasteiger partial charge in [0.1, 0.15) is 0 Å². The van der Waals surface area contributed by atoms with Gasteiger partial charge in [0.15, 0.2) is 0 Å². The van der Waals surface area contributed by atoms with Crippen LogP contribution in [0.4, 0.5) is 0 Å². The van der Waals surface area contributed by atoms with Gasteiger partial charge in [-0.3, -0.25) is 9.59 Å². The molecule has 4 bridgehead atoms. The predicted molar refractivity (Wildman–Crippen MR) is 107 cm³/mol. The molecule has 4 nitrogen and oxygen atoms in total. The number of fused-ring (bicyclic) bond motifs is 4. The summed E-state index contributed by atoms with van der Waals surface area (Å²) in [5.74, 6) is 4.89. The third-order valence-corrected chi connectivity index (χ3v) is 9.04. The summed E-state index contributed by atoms with van der Waals surface area (Å²) < 4.78 is 0. The highest BCUT2D eigenvalue weighted by Gasteiger charge is 2.54. The van der Waals surface area contributed by atoms with Crippen LogP contribution in [0.3, 0.4) is 0 Å². The molecule has 0 aromatic heterocycles. The average molecular weight is 375 g/mol. The van der Waals surface area contributed by atoms with Crippen molar-refractivity contribution in [3.05, 3.63) is 0 Å². The Hall–Kier alpha value is -1.06. The highest BCUT2D eigenvalue weighted by atomic mass is 16.2. The van der Waals surface area contributed by atoms with E-state index >= 15 is 0 Å². The molecule has 152 valence electrons.